The number of tetrazole rings is 1. The largest absolute Gasteiger partial charge is 0.485 e. The van der Waals surface area contributed by atoms with E-state index < -0.39 is 101 Å². The molecule has 4 atom stereocenters. The molecular weight excluding hydrogens is 730 g/mol. The Hall–Kier alpha value is -5.65. The molecule has 1 aromatic heterocycles. The molecule has 4 rings (SSSR count). The highest BCUT2D eigenvalue weighted by molar-refractivity contribution is 6.08. The first-order chi connectivity index (χ1) is 25.9. The molecule has 0 spiro atoms. The van der Waals surface area contributed by atoms with Crippen LogP contribution >= 0.6 is 0 Å². The summed E-state index contributed by atoms with van der Waals surface area (Å²) in [5, 5.41) is 31.6. The van der Waals surface area contributed by atoms with Crippen molar-refractivity contribution < 1.29 is 51.3 Å². The average molecular weight is 774 g/mol. The van der Waals surface area contributed by atoms with Crippen LogP contribution in [0.2, 0.25) is 0 Å². The molecule has 0 aliphatic rings. The summed E-state index contributed by atoms with van der Waals surface area (Å²) in [6, 6.07) is 8.20. The summed E-state index contributed by atoms with van der Waals surface area (Å²) in [6.07, 6.45) is -2.44. The van der Waals surface area contributed by atoms with Gasteiger partial charge < -0.3 is 30.5 Å². The fourth-order valence-corrected chi connectivity index (χ4v) is 5.53. The first-order valence-corrected chi connectivity index (χ1v) is 17.3. The minimum Gasteiger partial charge on any atom is -0.485 e. The molecule has 0 fully saturated rings. The average Bonchev–Trinajstić information content (AvgIpc) is 3.53. The summed E-state index contributed by atoms with van der Waals surface area (Å²) < 4.78 is 67.7. The number of aliphatic hydroxyl groups is 1. The highest BCUT2D eigenvalue weighted by atomic mass is 19.2. The Balaban J connectivity index is 1.56. The number of fused-ring (bicyclic) bond motifs is 1. The van der Waals surface area contributed by atoms with Gasteiger partial charge >= 0.3 is 5.97 Å². The minimum absolute atomic E-state index is 0.00804. The van der Waals surface area contributed by atoms with Crippen molar-refractivity contribution in [2.45, 2.75) is 83.7 Å². The van der Waals surface area contributed by atoms with Crippen LogP contribution in [0.25, 0.3) is 10.8 Å². The van der Waals surface area contributed by atoms with Crippen molar-refractivity contribution in [3.05, 3.63) is 83.2 Å². The number of carbonyl (C=O) groups excluding carboxylic acids is 4. The van der Waals surface area contributed by atoms with Crippen LogP contribution < -0.4 is 20.7 Å². The van der Waals surface area contributed by atoms with E-state index >= 15 is 0 Å². The predicted molar refractivity (Wildman–Crippen MR) is 189 cm³/mol. The maximum Gasteiger partial charge on any atom is 0.308 e. The first kappa shape index (κ1) is 42.1. The third-order valence-corrected chi connectivity index (χ3v) is 8.34. The number of rotatable bonds is 16. The lowest BCUT2D eigenvalue weighted by atomic mass is 10.00. The fraction of sp³-hybridized carbons (Fsp3) is 0.432. The molecule has 296 valence electrons. The molecular formula is C37H43F4N7O7. The van der Waals surface area contributed by atoms with Crippen LogP contribution in [0.4, 0.5) is 17.6 Å². The molecule has 0 aliphatic carbocycles. The number of nitrogens with one attached hydrogen (secondary N) is 3. The van der Waals surface area contributed by atoms with E-state index in [1.54, 1.807) is 65.9 Å². The van der Waals surface area contributed by atoms with Gasteiger partial charge in [-0.05, 0) is 60.4 Å². The summed E-state index contributed by atoms with van der Waals surface area (Å²) in [7, 11) is 1.61. The number of esters is 1. The summed E-state index contributed by atoms with van der Waals surface area (Å²) >= 11 is 0. The van der Waals surface area contributed by atoms with Crippen molar-refractivity contribution in [2.75, 3.05) is 6.61 Å². The molecule has 0 saturated carbocycles. The molecule has 0 aliphatic heterocycles. The van der Waals surface area contributed by atoms with Crippen molar-refractivity contribution in [1.82, 2.24) is 36.2 Å². The highest BCUT2D eigenvalue weighted by Gasteiger charge is 2.34. The Morgan fingerprint density at radius 2 is 1.56 bits per heavy atom. The number of aromatic nitrogens is 4. The van der Waals surface area contributed by atoms with Gasteiger partial charge in [-0.25, -0.2) is 13.5 Å². The number of hydrogen-bond acceptors (Lipinski definition) is 10. The zero-order chi connectivity index (χ0) is 40.6. The zero-order valence-electron chi connectivity index (χ0n) is 31.0. The van der Waals surface area contributed by atoms with Gasteiger partial charge in [-0.3, -0.25) is 19.2 Å². The summed E-state index contributed by atoms with van der Waals surface area (Å²) in [5.74, 6) is -12.0. The van der Waals surface area contributed by atoms with E-state index in [2.05, 4.69) is 31.5 Å². The van der Waals surface area contributed by atoms with E-state index in [-0.39, 0.29) is 18.9 Å². The molecule has 4 aromatic rings. The smallest absolute Gasteiger partial charge is 0.308 e. The van der Waals surface area contributed by atoms with Crippen LogP contribution in [-0.4, -0.2) is 85.4 Å². The van der Waals surface area contributed by atoms with Gasteiger partial charge in [0, 0.05) is 25.1 Å². The van der Waals surface area contributed by atoms with E-state index in [9.17, 15) is 41.8 Å². The number of hydrogen-bond donors (Lipinski definition) is 4. The van der Waals surface area contributed by atoms with E-state index in [0.29, 0.717) is 16.8 Å². The maximum atomic E-state index is 14.3. The molecule has 18 heteroatoms. The maximum absolute atomic E-state index is 14.3. The van der Waals surface area contributed by atoms with Crippen molar-refractivity contribution in [2.24, 2.45) is 13.0 Å². The Morgan fingerprint density at radius 1 is 0.909 bits per heavy atom. The van der Waals surface area contributed by atoms with Crippen LogP contribution in [-0.2, 0) is 32.6 Å². The number of aryl methyl sites for hydroxylation is 2. The quantitative estimate of drug-likeness (QED) is 0.0747. The summed E-state index contributed by atoms with van der Waals surface area (Å²) in [5.41, 5.74) is -0.685. The Bertz CT molecular complexity index is 1990. The van der Waals surface area contributed by atoms with Gasteiger partial charge in [0.25, 0.3) is 5.91 Å². The van der Waals surface area contributed by atoms with Crippen LogP contribution in [0.5, 0.6) is 5.75 Å². The summed E-state index contributed by atoms with van der Waals surface area (Å²) in [6.45, 7) is 6.88. The van der Waals surface area contributed by atoms with E-state index in [1.165, 1.54) is 4.68 Å². The lowest BCUT2D eigenvalue weighted by Gasteiger charge is -2.30. The minimum atomic E-state index is -1.90. The number of amides is 3. The monoisotopic (exact) mass is 773 g/mol. The number of halogens is 4. The zero-order valence-corrected chi connectivity index (χ0v) is 31.0. The third-order valence-electron chi connectivity index (χ3n) is 8.34. The van der Waals surface area contributed by atoms with Crippen LogP contribution in [0.3, 0.4) is 0 Å². The van der Waals surface area contributed by atoms with Gasteiger partial charge in [-0.15, -0.1) is 5.10 Å². The van der Waals surface area contributed by atoms with Crippen molar-refractivity contribution in [1.29, 1.82) is 0 Å². The second-order valence-electron chi connectivity index (χ2n) is 14.1. The Kier molecular flexibility index (Phi) is 13.9. The number of benzene rings is 3. The Labute approximate surface area is 313 Å². The molecule has 3 amide bonds. The lowest BCUT2D eigenvalue weighted by Crippen LogP contribution is -2.58. The van der Waals surface area contributed by atoms with Gasteiger partial charge in [0.2, 0.25) is 23.4 Å². The van der Waals surface area contributed by atoms with E-state index in [1.807, 2.05) is 18.2 Å². The van der Waals surface area contributed by atoms with Crippen molar-refractivity contribution in [3.8, 4) is 5.75 Å². The van der Waals surface area contributed by atoms with Crippen LogP contribution in [0.15, 0.2) is 48.5 Å². The van der Waals surface area contributed by atoms with Crippen LogP contribution in [0, 0.1) is 29.2 Å². The SMILES string of the molecule is CC(C)[C@H](NC(=O)[C@H](CCc1nnnn1C)NC(=O)c1cccc2ccccc12)C(=O)N[C@@H](CC(=O)OC(C)(C)C)C(O)COc1c(F)c(F)cc(F)c1F. The lowest BCUT2D eigenvalue weighted by molar-refractivity contribution is -0.156. The third kappa shape index (κ3) is 11.2. The highest BCUT2D eigenvalue weighted by Crippen LogP contribution is 2.27. The molecule has 1 heterocycles. The number of carbonyl (C=O) groups is 4. The molecule has 4 N–H and O–H groups in total. The van der Waals surface area contributed by atoms with Crippen LogP contribution in [0.1, 0.15) is 63.6 Å². The molecule has 0 bridgehead atoms. The second-order valence-corrected chi connectivity index (χ2v) is 14.1. The number of nitrogens with zero attached hydrogens (tertiary/aromatic N) is 4. The van der Waals surface area contributed by atoms with Gasteiger partial charge in [-0.2, -0.15) is 8.78 Å². The standard InChI is InChI=1S/C37H43F4N7O7/c1-19(2)32(36(53)43-26(17-29(50)55-37(3,4)5)27(49)18-54-33-30(40)23(38)16-24(39)31(33)41)44-35(52)25(14-15-28-45-46-47-48(28)6)42-34(51)22-13-9-11-20-10-7-8-12-21(20)22/h7-13,16,19,25-27,32,49H,14-15,17-18H2,1-6H3,(H,42,51)(H,43,53)(H,44,52)/t25-,26-,27?,32-/m0/s1. The molecule has 3 aromatic carbocycles. The van der Waals surface area contributed by atoms with Crippen molar-refractivity contribution in [3.63, 3.8) is 0 Å². The first-order valence-electron chi connectivity index (χ1n) is 17.3. The number of aliphatic hydroxyl groups excluding tert-OH is 1. The van der Waals surface area contributed by atoms with E-state index in [0.717, 1.165) is 5.39 Å². The topological polar surface area (TPSA) is 187 Å². The van der Waals surface area contributed by atoms with Gasteiger partial charge in [0.05, 0.1) is 12.5 Å². The van der Waals surface area contributed by atoms with Crippen molar-refractivity contribution >= 4 is 34.5 Å². The Morgan fingerprint density at radius 3 is 2.18 bits per heavy atom. The fourth-order valence-electron chi connectivity index (χ4n) is 5.53. The van der Waals surface area contributed by atoms with Gasteiger partial charge in [-0.1, -0.05) is 50.2 Å². The molecule has 55 heavy (non-hydrogen) atoms. The molecule has 0 saturated heterocycles. The predicted octanol–water partition coefficient (Wildman–Crippen LogP) is 3.45. The second kappa shape index (κ2) is 18.1. The molecule has 14 nitrogen and oxygen atoms in total. The van der Waals surface area contributed by atoms with E-state index in [4.69, 9.17) is 9.47 Å². The number of ether oxygens (including phenoxy) is 2. The normalized spacial score (nSPS) is 13.8. The van der Waals surface area contributed by atoms with Gasteiger partial charge in [0.1, 0.15) is 30.4 Å². The van der Waals surface area contributed by atoms with Gasteiger partial charge in [0.15, 0.2) is 23.2 Å². The summed E-state index contributed by atoms with van der Waals surface area (Å²) in [4.78, 5) is 54.2. The molecule has 1 unspecified atom stereocenters. The molecule has 0 radical (unpaired) electrons.